The molecule has 0 saturated carbocycles. The van der Waals surface area contributed by atoms with E-state index in [1.165, 1.54) is 11.8 Å². The molecular formula is C25H22N6O2S. The molecule has 2 N–H and O–H groups in total. The van der Waals surface area contributed by atoms with Gasteiger partial charge in [0.15, 0.2) is 0 Å². The number of nitrogens with one attached hydrogen (secondary N) is 1. The fourth-order valence-corrected chi connectivity index (χ4v) is 4.82. The van der Waals surface area contributed by atoms with Crippen molar-refractivity contribution in [1.29, 1.82) is 10.5 Å². The molecule has 1 saturated heterocycles. The number of pyridine rings is 2. The highest BCUT2D eigenvalue weighted by Gasteiger charge is 2.28. The van der Waals surface area contributed by atoms with Gasteiger partial charge in [0.2, 0.25) is 0 Å². The van der Waals surface area contributed by atoms with Crippen LogP contribution in [0.15, 0.2) is 53.7 Å². The lowest BCUT2D eigenvalue weighted by Crippen LogP contribution is -2.24. The molecule has 170 valence electrons. The minimum absolute atomic E-state index is 0.276. The van der Waals surface area contributed by atoms with E-state index in [4.69, 9.17) is 4.98 Å². The molecule has 0 aliphatic carbocycles. The van der Waals surface area contributed by atoms with Crippen molar-refractivity contribution >= 4 is 23.5 Å². The van der Waals surface area contributed by atoms with E-state index in [1.54, 1.807) is 19.3 Å². The molecule has 1 amide bonds. The Bertz CT molecular complexity index is 1300. The summed E-state index contributed by atoms with van der Waals surface area (Å²) in [5.41, 5.74) is 3.12. The number of anilines is 1. The third kappa shape index (κ3) is 4.72. The summed E-state index contributed by atoms with van der Waals surface area (Å²) < 4.78 is 0. The van der Waals surface area contributed by atoms with Gasteiger partial charge in [-0.15, -0.1) is 11.8 Å². The maximum absolute atomic E-state index is 11.9. The van der Waals surface area contributed by atoms with E-state index in [0.29, 0.717) is 58.5 Å². The Kier molecular flexibility index (Phi) is 7.07. The van der Waals surface area contributed by atoms with Crippen molar-refractivity contribution in [1.82, 2.24) is 15.3 Å². The molecule has 1 aliphatic heterocycles. The summed E-state index contributed by atoms with van der Waals surface area (Å²) in [6.45, 7) is 0.957. The summed E-state index contributed by atoms with van der Waals surface area (Å²) in [7, 11) is 1.55. The van der Waals surface area contributed by atoms with Crippen molar-refractivity contribution in [3.8, 4) is 23.3 Å². The summed E-state index contributed by atoms with van der Waals surface area (Å²) in [6.07, 6.45) is 1.68. The van der Waals surface area contributed by atoms with E-state index >= 15 is 0 Å². The van der Waals surface area contributed by atoms with Crippen molar-refractivity contribution in [2.45, 2.75) is 23.3 Å². The second-order valence-corrected chi connectivity index (χ2v) is 8.72. The van der Waals surface area contributed by atoms with Crippen LogP contribution in [0.4, 0.5) is 5.82 Å². The van der Waals surface area contributed by atoms with Crippen molar-refractivity contribution in [2.24, 2.45) is 0 Å². The second-order valence-electron chi connectivity index (χ2n) is 7.76. The third-order valence-corrected chi connectivity index (χ3v) is 6.60. The van der Waals surface area contributed by atoms with Crippen molar-refractivity contribution in [3.63, 3.8) is 0 Å². The van der Waals surface area contributed by atoms with Crippen LogP contribution in [0, 0.1) is 22.7 Å². The van der Waals surface area contributed by atoms with E-state index < -0.39 is 6.10 Å². The topological polar surface area (TPSA) is 126 Å². The number of hydrogen-bond donors (Lipinski definition) is 2. The number of hydrogen-bond acceptors (Lipinski definition) is 8. The minimum Gasteiger partial charge on any atom is -0.391 e. The highest BCUT2D eigenvalue weighted by molar-refractivity contribution is 7.98. The number of nitriles is 2. The lowest BCUT2D eigenvalue weighted by atomic mass is 9.96. The predicted molar refractivity (Wildman–Crippen MR) is 129 cm³/mol. The molecule has 0 radical (unpaired) electrons. The van der Waals surface area contributed by atoms with E-state index in [0.717, 1.165) is 11.1 Å². The summed E-state index contributed by atoms with van der Waals surface area (Å²) >= 11 is 1.36. The van der Waals surface area contributed by atoms with Gasteiger partial charge in [-0.3, -0.25) is 9.78 Å². The Morgan fingerprint density at radius 2 is 2.00 bits per heavy atom. The van der Waals surface area contributed by atoms with Gasteiger partial charge in [-0.1, -0.05) is 30.3 Å². The van der Waals surface area contributed by atoms with Gasteiger partial charge < -0.3 is 15.3 Å². The maximum Gasteiger partial charge on any atom is 0.269 e. The van der Waals surface area contributed by atoms with Crippen LogP contribution in [-0.2, 0) is 5.75 Å². The average Bonchev–Trinajstić information content (AvgIpc) is 3.32. The number of carbonyl (C=O) groups is 1. The fourth-order valence-electron chi connectivity index (χ4n) is 3.89. The number of aromatic nitrogens is 2. The molecule has 1 atom stereocenters. The molecule has 1 aliphatic rings. The monoisotopic (exact) mass is 470 g/mol. The molecule has 4 rings (SSSR count). The largest absolute Gasteiger partial charge is 0.391 e. The summed E-state index contributed by atoms with van der Waals surface area (Å²) in [6, 6.07) is 17.4. The van der Waals surface area contributed by atoms with Crippen LogP contribution in [0.1, 0.15) is 33.6 Å². The number of nitrogens with zero attached hydrogens (tertiary/aromatic N) is 5. The normalized spacial score (nSPS) is 14.9. The maximum atomic E-state index is 11.9. The van der Waals surface area contributed by atoms with Gasteiger partial charge in [-0.2, -0.15) is 10.5 Å². The lowest BCUT2D eigenvalue weighted by molar-refractivity contribution is 0.0958. The quantitative estimate of drug-likeness (QED) is 0.526. The van der Waals surface area contributed by atoms with Gasteiger partial charge in [0, 0.05) is 37.7 Å². The average molecular weight is 471 g/mol. The zero-order chi connectivity index (χ0) is 24.1. The molecule has 0 bridgehead atoms. The second kappa shape index (κ2) is 10.3. The number of carbonyl (C=O) groups excluding carboxylic acids is 1. The van der Waals surface area contributed by atoms with Crippen LogP contribution in [-0.4, -0.2) is 47.2 Å². The van der Waals surface area contributed by atoms with Crippen LogP contribution in [0.2, 0.25) is 0 Å². The molecule has 8 nitrogen and oxygen atoms in total. The third-order valence-electron chi connectivity index (χ3n) is 5.55. The van der Waals surface area contributed by atoms with E-state index in [-0.39, 0.29) is 5.91 Å². The first-order valence-corrected chi connectivity index (χ1v) is 11.7. The van der Waals surface area contributed by atoms with Gasteiger partial charge in [0.25, 0.3) is 5.91 Å². The highest BCUT2D eigenvalue weighted by atomic mass is 32.2. The van der Waals surface area contributed by atoms with Crippen LogP contribution < -0.4 is 10.2 Å². The predicted octanol–water partition coefficient (Wildman–Crippen LogP) is 3.11. The van der Waals surface area contributed by atoms with Crippen molar-refractivity contribution in [2.75, 3.05) is 25.0 Å². The Balaban J connectivity index is 1.80. The van der Waals surface area contributed by atoms with Gasteiger partial charge in [-0.25, -0.2) is 4.98 Å². The summed E-state index contributed by atoms with van der Waals surface area (Å²) in [4.78, 5) is 22.7. The lowest BCUT2D eigenvalue weighted by Gasteiger charge is -2.22. The summed E-state index contributed by atoms with van der Waals surface area (Å²) in [5, 5.41) is 33.3. The highest BCUT2D eigenvalue weighted by Crippen LogP contribution is 2.39. The van der Waals surface area contributed by atoms with Crippen LogP contribution >= 0.6 is 11.8 Å². The zero-order valence-corrected chi connectivity index (χ0v) is 19.3. The molecule has 1 unspecified atom stereocenters. The Hall–Kier alpha value is -3.92. The number of benzene rings is 1. The van der Waals surface area contributed by atoms with Crippen LogP contribution in [0.25, 0.3) is 11.1 Å². The Morgan fingerprint density at radius 1 is 1.24 bits per heavy atom. The molecule has 3 aromatic rings. The number of aliphatic hydroxyl groups excluding tert-OH is 1. The minimum atomic E-state index is -0.486. The van der Waals surface area contributed by atoms with Gasteiger partial charge in [-0.05, 0) is 29.7 Å². The number of amides is 1. The summed E-state index contributed by atoms with van der Waals surface area (Å²) in [5.74, 6) is 0.651. The SMILES string of the molecule is CNC(=O)c1cc(CSc2nc(N3CCC(O)C3)c(C#N)c(-c3ccccc3)c2C#N)ccn1. The molecular weight excluding hydrogens is 448 g/mol. The molecule has 1 aromatic carbocycles. The molecule has 34 heavy (non-hydrogen) atoms. The van der Waals surface area contributed by atoms with Crippen molar-refractivity contribution in [3.05, 3.63) is 71.0 Å². The van der Waals surface area contributed by atoms with Gasteiger partial charge >= 0.3 is 0 Å². The van der Waals surface area contributed by atoms with E-state index in [9.17, 15) is 20.4 Å². The van der Waals surface area contributed by atoms with Gasteiger partial charge in [0.05, 0.1) is 11.7 Å². The standard InChI is InChI=1S/C25H22N6O2S/c1-28-24(33)21-11-16(7-9-29-21)15-34-25-20(13-27)22(17-5-3-2-4-6-17)19(12-26)23(30-25)31-10-8-18(32)14-31/h2-7,9,11,18,32H,8,10,14-15H2,1H3,(H,28,33). The van der Waals surface area contributed by atoms with E-state index in [1.807, 2.05) is 41.3 Å². The van der Waals surface area contributed by atoms with Crippen LogP contribution in [0.3, 0.4) is 0 Å². The Morgan fingerprint density at radius 3 is 2.65 bits per heavy atom. The number of thioether (sulfide) groups is 1. The number of β-amino-alcohol motifs (C(OH)–C–C–N with tert-alkyl or cyclic N) is 1. The first-order valence-electron chi connectivity index (χ1n) is 10.7. The zero-order valence-electron chi connectivity index (χ0n) is 18.5. The number of aliphatic hydroxyl groups is 1. The molecule has 1 fully saturated rings. The van der Waals surface area contributed by atoms with E-state index in [2.05, 4.69) is 22.4 Å². The molecule has 9 heteroatoms. The Labute approximate surface area is 201 Å². The molecule has 0 spiro atoms. The molecule has 3 heterocycles. The first kappa shape index (κ1) is 23.2. The molecule has 2 aromatic heterocycles. The smallest absolute Gasteiger partial charge is 0.269 e. The number of rotatable bonds is 6. The van der Waals surface area contributed by atoms with Gasteiger partial charge in [0.1, 0.15) is 34.2 Å². The van der Waals surface area contributed by atoms with Crippen molar-refractivity contribution < 1.29 is 9.90 Å². The van der Waals surface area contributed by atoms with Crippen LogP contribution in [0.5, 0.6) is 0 Å². The fraction of sp³-hybridized carbons (Fsp3) is 0.240. The first-order chi connectivity index (χ1) is 16.5.